The Morgan fingerprint density at radius 1 is 0.917 bits per heavy atom. The van der Waals surface area contributed by atoms with Crippen molar-refractivity contribution in [2.75, 3.05) is 0 Å². The minimum Gasteiger partial charge on any atom is -0.457 e. The third kappa shape index (κ3) is 3.67. The van der Waals surface area contributed by atoms with E-state index in [4.69, 9.17) is 4.74 Å². The zero-order valence-electron chi connectivity index (χ0n) is 12.5. The molecule has 0 bridgehead atoms. The number of rotatable bonds is 6. The molecule has 2 aromatic carbocycles. The van der Waals surface area contributed by atoms with Crippen molar-refractivity contribution in [1.82, 2.24) is 5.16 Å². The maximum absolute atomic E-state index is 12.1. The normalized spacial score (nSPS) is 10.3. The van der Waals surface area contributed by atoms with E-state index in [0.717, 1.165) is 6.07 Å². The Kier molecular flexibility index (Phi) is 4.38. The quantitative estimate of drug-likeness (QED) is 0.556. The van der Waals surface area contributed by atoms with Crippen molar-refractivity contribution >= 4 is 11.6 Å². The molecule has 0 atom stereocenters. The van der Waals surface area contributed by atoms with E-state index >= 15 is 0 Å². The third-order valence-corrected chi connectivity index (χ3v) is 3.27. The van der Waals surface area contributed by atoms with Gasteiger partial charge in [0.25, 0.3) is 5.56 Å². The van der Waals surface area contributed by atoms with E-state index < -0.39 is 11.3 Å². The molecule has 0 spiro atoms. The Morgan fingerprint density at radius 2 is 1.58 bits per heavy atom. The molecule has 0 fully saturated rings. The van der Waals surface area contributed by atoms with Crippen LogP contribution in [0.5, 0.6) is 11.5 Å². The van der Waals surface area contributed by atoms with Gasteiger partial charge in [0.2, 0.25) is 11.5 Å². The summed E-state index contributed by atoms with van der Waals surface area (Å²) in [6.45, 7) is 0. The first-order chi connectivity index (χ1) is 11.6. The average Bonchev–Trinajstić information content (AvgIpc) is 3.03. The molecule has 1 aromatic heterocycles. The van der Waals surface area contributed by atoms with Gasteiger partial charge < -0.3 is 9.26 Å². The standard InChI is InChI=1S/C18H13NO5/c20-15(10-16(21)17-11-18(22)19-24-17)12-6-8-14(9-7-12)23-13-4-2-1-3-5-13/h1-9,11H,10H2,(H,19,22). The number of aromatic amines is 1. The molecule has 0 amide bonds. The van der Waals surface area contributed by atoms with E-state index in [2.05, 4.69) is 4.52 Å². The van der Waals surface area contributed by atoms with Crippen LogP contribution < -0.4 is 10.3 Å². The van der Waals surface area contributed by atoms with Gasteiger partial charge in [-0.2, -0.15) is 5.16 Å². The lowest BCUT2D eigenvalue weighted by molar-refractivity contribution is 0.0872. The van der Waals surface area contributed by atoms with E-state index in [-0.39, 0.29) is 18.0 Å². The fourth-order valence-corrected chi connectivity index (χ4v) is 2.09. The summed E-state index contributed by atoms with van der Waals surface area (Å²) < 4.78 is 10.3. The second-order valence-corrected chi connectivity index (χ2v) is 5.04. The van der Waals surface area contributed by atoms with E-state index in [1.54, 1.807) is 24.3 Å². The van der Waals surface area contributed by atoms with Crippen molar-refractivity contribution in [2.24, 2.45) is 0 Å². The molecule has 1 heterocycles. The number of benzene rings is 2. The highest BCUT2D eigenvalue weighted by Crippen LogP contribution is 2.21. The van der Waals surface area contributed by atoms with Gasteiger partial charge in [0.05, 0.1) is 12.5 Å². The van der Waals surface area contributed by atoms with E-state index in [9.17, 15) is 14.4 Å². The second kappa shape index (κ2) is 6.78. The van der Waals surface area contributed by atoms with Gasteiger partial charge in [-0.25, -0.2) is 0 Å². The van der Waals surface area contributed by atoms with Crippen molar-refractivity contribution in [1.29, 1.82) is 0 Å². The maximum Gasteiger partial charge on any atom is 0.280 e. The van der Waals surface area contributed by atoms with Gasteiger partial charge in [0, 0.05) is 5.56 Å². The predicted octanol–water partition coefficient (Wildman–Crippen LogP) is 3.22. The highest BCUT2D eigenvalue weighted by Gasteiger charge is 2.17. The minimum atomic E-state index is -0.553. The van der Waals surface area contributed by atoms with Crippen LogP contribution in [0.15, 0.2) is 70.0 Å². The third-order valence-electron chi connectivity index (χ3n) is 3.27. The Labute approximate surface area is 136 Å². The summed E-state index contributed by atoms with van der Waals surface area (Å²) in [6.07, 6.45) is -0.375. The summed E-state index contributed by atoms with van der Waals surface area (Å²) in [5.41, 5.74) is -0.144. The van der Waals surface area contributed by atoms with Gasteiger partial charge in [0.15, 0.2) is 5.78 Å². The summed E-state index contributed by atoms with van der Waals surface area (Å²) in [4.78, 5) is 34.9. The maximum atomic E-state index is 12.1. The smallest absolute Gasteiger partial charge is 0.280 e. The molecule has 1 N–H and O–H groups in total. The number of hydrogen-bond donors (Lipinski definition) is 1. The Morgan fingerprint density at radius 3 is 2.21 bits per heavy atom. The van der Waals surface area contributed by atoms with Crippen LogP contribution in [0.2, 0.25) is 0 Å². The molecule has 0 aliphatic rings. The molecule has 0 radical (unpaired) electrons. The number of aromatic nitrogens is 1. The number of nitrogens with one attached hydrogen (secondary N) is 1. The molecular weight excluding hydrogens is 310 g/mol. The number of ketones is 2. The highest BCUT2D eigenvalue weighted by molar-refractivity contribution is 6.12. The van der Waals surface area contributed by atoms with Gasteiger partial charge >= 0.3 is 0 Å². The Bertz CT molecular complexity index is 906. The van der Waals surface area contributed by atoms with Crippen molar-refractivity contribution in [3.8, 4) is 11.5 Å². The second-order valence-electron chi connectivity index (χ2n) is 5.04. The van der Waals surface area contributed by atoms with Gasteiger partial charge in [-0.15, -0.1) is 0 Å². The molecule has 3 aromatic rings. The largest absolute Gasteiger partial charge is 0.457 e. The zero-order chi connectivity index (χ0) is 16.9. The monoisotopic (exact) mass is 323 g/mol. The summed E-state index contributed by atoms with van der Waals surface area (Å²) >= 11 is 0. The first-order valence-corrected chi connectivity index (χ1v) is 7.20. The lowest BCUT2D eigenvalue weighted by Gasteiger charge is -2.06. The van der Waals surface area contributed by atoms with Crippen LogP contribution in [0.25, 0.3) is 0 Å². The molecule has 6 nitrogen and oxygen atoms in total. The van der Waals surface area contributed by atoms with Crippen LogP contribution in [-0.4, -0.2) is 16.7 Å². The zero-order valence-corrected chi connectivity index (χ0v) is 12.5. The van der Waals surface area contributed by atoms with Crippen molar-refractivity contribution in [3.63, 3.8) is 0 Å². The average molecular weight is 323 g/mol. The van der Waals surface area contributed by atoms with Crippen molar-refractivity contribution in [2.45, 2.75) is 6.42 Å². The van der Waals surface area contributed by atoms with E-state index in [1.165, 1.54) is 0 Å². The van der Waals surface area contributed by atoms with Crippen LogP contribution in [0, 0.1) is 0 Å². The van der Waals surface area contributed by atoms with Crippen LogP contribution in [0.3, 0.4) is 0 Å². The van der Waals surface area contributed by atoms with Crippen molar-refractivity contribution in [3.05, 3.63) is 82.3 Å². The number of carbonyl (C=O) groups is 2. The molecule has 6 heteroatoms. The summed E-state index contributed by atoms with van der Waals surface area (Å²) in [6, 6.07) is 16.7. The van der Waals surface area contributed by atoms with Gasteiger partial charge in [-0.1, -0.05) is 18.2 Å². The van der Waals surface area contributed by atoms with Gasteiger partial charge in [-0.05, 0) is 36.4 Å². The fraction of sp³-hybridized carbons (Fsp3) is 0.0556. The lowest BCUT2D eigenvalue weighted by Crippen LogP contribution is -2.08. The molecule has 0 saturated heterocycles. The predicted molar refractivity (Wildman–Crippen MR) is 85.6 cm³/mol. The summed E-state index contributed by atoms with van der Waals surface area (Å²) in [5, 5.41) is 2.01. The Hall–Kier alpha value is -3.41. The number of H-pyrrole nitrogens is 1. The first-order valence-electron chi connectivity index (χ1n) is 7.20. The highest BCUT2D eigenvalue weighted by atomic mass is 16.5. The molecule has 24 heavy (non-hydrogen) atoms. The van der Waals surface area contributed by atoms with Gasteiger partial charge in [-0.3, -0.25) is 14.4 Å². The molecule has 3 rings (SSSR count). The molecule has 0 unspecified atom stereocenters. The lowest BCUT2D eigenvalue weighted by atomic mass is 10.0. The summed E-state index contributed by atoms with van der Waals surface area (Å²) in [5.74, 6) is 0.199. The number of ether oxygens (including phenoxy) is 1. The molecule has 0 saturated carbocycles. The summed E-state index contributed by atoms with van der Waals surface area (Å²) in [7, 11) is 0. The van der Waals surface area contributed by atoms with Crippen LogP contribution >= 0.6 is 0 Å². The van der Waals surface area contributed by atoms with Crippen molar-refractivity contribution < 1.29 is 18.8 Å². The molecule has 0 aliphatic carbocycles. The van der Waals surface area contributed by atoms with E-state index in [1.807, 2.05) is 35.5 Å². The fourth-order valence-electron chi connectivity index (χ4n) is 2.09. The Balaban J connectivity index is 1.65. The SMILES string of the molecule is O=C(CC(=O)c1cc(=O)[nH]o1)c1ccc(Oc2ccccc2)cc1. The molecule has 0 aliphatic heterocycles. The van der Waals surface area contributed by atoms with Crippen LogP contribution in [0.1, 0.15) is 27.3 Å². The number of hydrogen-bond acceptors (Lipinski definition) is 5. The molecular formula is C18H13NO5. The first kappa shape index (κ1) is 15.5. The van der Waals surface area contributed by atoms with Crippen LogP contribution in [0.4, 0.5) is 0 Å². The number of carbonyl (C=O) groups excluding carboxylic acids is 2. The number of para-hydroxylation sites is 1. The van der Waals surface area contributed by atoms with Crippen LogP contribution in [-0.2, 0) is 0 Å². The number of Topliss-reactive ketones (excluding diaryl/α,β-unsaturated/α-hetero) is 2. The van der Waals surface area contributed by atoms with E-state index in [0.29, 0.717) is 17.1 Å². The molecule has 120 valence electrons. The minimum absolute atomic E-state index is 0.155. The topological polar surface area (TPSA) is 89.4 Å². The van der Waals surface area contributed by atoms with Gasteiger partial charge in [0.1, 0.15) is 11.5 Å².